The summed E-state index contributed by atoms with van der Waals surface area (Å²) in [7, 11) is 0. The molecule has 0 radical (unpaired) electrons. The summed E-state index contributed by atoms with van der Waals surface area (Å²) in [6, 6.07) is 6.29. The first-order valence-corrected chi connectivity index (χ1v) is 6.57. The minimum absolute atomic E-state index is 0.367. The van der Waals surface area contributed by atoms with Crippen molar-refractivity contribution in [2.75, 3.05) is 0 Å². The lowest BCUT2D eigenvalue weighted by Crippen LogP contribution is -2.27. The molecule has 1 aromatic carbocycles. The Kier molecular flexibility index (Phi) is 3.62. The van der Waals surface area contributed by atoms with Crippen LogP contribution >= 0.6 is 15.9 Å². The molecule has 1 aliphatic rings. The fourth-order valence-corrected chi connectivity index (χ4v) is 2.73. The van der Waals surface area contributed by atoms with Crippen LogP contribution in [0.1, 0.15) is 30.9 Å². The van der Waals surface area contributed by atoms with Crippen molar-refractivity contribution >= 4 is 27.5 Å². The fourth-order valence-electron chi connectivity index (χ4n) is 2.03. The average molecular weight is 294 g/mol. The SMILES string of the molecule is CCC1CC(N)=NN=C1c1ccc(C)cc1Br. The Balaban J connectivity index is 2.44. The van der Waals surface area contributed by atoms with Gasteiger partial charge in [-0.25, -0.2) is 0 Å². The number of nitrogens with two attached hydrogens (primary N) is 1. The summed E-state index contributed by atoms with van der Waals surface area (Å²) >= 11 is 3.59. The molecule has 0 aromatic heterocycles. The van der Waals surface area contributed by atoms with Crippen LogP contribution in [-0.4, -0.2) is 11.5 Å². The summed E-state index contributed by atoms with van der Waals surface area (Å²) in [6.07, 6.45) is 1.82. The van der Waals surface area contributed by atoms with Crippen molar-refractivity contribution in [3.8, 4) is 0 Å². The van der Waals surface area contributed by atoms with Crippen molar-refractivity contribution < 1.29 is 0 Å². The van der Waals surface area contributed by atoms with Crippen LogP contribution in [0, 0.1) is 12.8 Å². The first-order valence-electron chi connectivity index (χ1n) is 5.78. The quantitative estimate of drug-likeness (QED) is 0.894. The van der Waals surface area contributed by atoms with Crippen LogP contribution < -0.4 is 5.73 Å². The summed E-state index contributed by atoms with van der Waals surface area (Å²) in [5.41, 5.74) is 9.12. The van der Waals surface area contributed by atoms with Gasteiger partial charge in [-0.3, -0.25) is 0 Å². The molecule has 0 aliphatic carbocycles. The molecule has 4 heteroatoms. The number of amidine groups is 1. The normalized spacial score (nSPS) is 19.8. The van der Waals surface area contributed by atoms with E-state index >= 15 is 0 Å². The van der Waals surface area contributed by atoms with E-state index in [1.54, 1.807) is 0 Å². The number of rotatable bonds is 2. The van der Waals surface area contributed by atoms with E-state index in [1.807, 2.05) is 0 Å². The number of benzene rings is 1. The molecule has 1 unspecified atom stereocenters. The lowest BCUT2D eigenvalue weighted by Gasteiger charge is -2.20. The number of hydrogen-bond donors (Lipinski definition) is 1. The minimum Gasteiger partial charge on any atom is -0.386 e. The molecule has 0 saturated heterocycles. The van der Waals surface area contributed by atoms with Crippen molar-refractivity contribution in [2.45, 2.75) is 26.7 Å². The molecule has 90 valence electrons. The van der Waals surface area contributed by atoms with Crippen LogP contribution in [-0.2, 0) is 0 Å². The highest BCUT2D eigenvalue weighted by Crippen LogP contribution is 2.26. The van der Waals surface area contributed by atoms with E-state index in [1.165, 1.54) is 5.56 Å². The van der Waals surface area contributed by atoms with Crippen molar-refractivity contribution in [3.05, 3.63) is 33.8 Å². The standard InChI is InChI=1S/C13H16BrN3/c1-3-9-7-12(15)16-17-13(9)10-5-4-8(2)6-11(10)14/h4-6,9H,3,7H2,1-2H3,(H2,15,16). The molecule has 1 atom stereocenters. The van der Waals surface area contributed by atoms with Gasteiger partial charge in [0, 0.05) is 22.4 Å². The molecule has 1 aromatic rings. The first-order chi connectivity index (χ1) is 8.11. The van der Waals surface area contributed by atoms with Crippen LogP contribution in [0.5, 0.6) is 0 Å². The highest BCUT2D eigenvalue weighted by atomic mass is 79.9. The molecule has 2 N–H and O–H groups in total. The highest BCUT2D eigenvalue weighted by molar-refractivity contribution is 9.10. The molecular formula is C13H16BrN3. The second-order valence-electron chi connectivity index (χ2n) is 4.37. The third-order valence-corrected chi connectivity index (χ3v) is 3.68. The van der Waals surface area contributed by atoms with Crippen molar-refractivity contribution in [1.82, 2.24) is 0 Å². The van der Waals surface area contributed by atoms with Crippen molar-refractivity contribution in [2.24, 2.45) is 21.9 Å². The van der Waals surface area contributed by atoms with Gasteiger partial charge in [0.25, 0.3) is 0 Å². The van der Waals surface area contributed by atoms with Gasteiger partial charge >= 0.3 is 0 Å². The molecule has 3 nitrogen and oxygen atoms in total. The summed E-state index contributed by atoms with van der Waals surface area (Å²) in [4.78, 5) is 0. The smallest absolute Gasteiger partial charge is 0.123 e. The maximum Gasteiger partial charge on any atom is 0.123 e. The Hall–Kier alpha value is -1.16. The lowest BCUT2D eigenvalue weighted by atomic mass is 9.90. The predicted molar refractivity (Wildman–Crippen MR) is 75.4 cm³/mol. The van der Waals surface area contributed by atoms with E-state index in [0.29, 0.717) is 11.8 Å². The molecule has 0 amide bonds. The molecule has 17 heavy (non-hydrogen) atoms. The van der Waals surface area contributed by atoms with Gasteiger partial charge in [0.2, 0.25) is 0 Å². The van der Waals surface area contributed by atoms with Gasteiger partial charge in [0.1, 0.15) is 5.84 Å². The zero-order valence-corrected chi connectivity index (χ0v) is 11.7. The van der Waals surface area contributed by atoms with Gasteiger partial charge < -0.3 is 5.73 Å². The van der Waals surface area contributed by atoms with Crippen LogP contribution in [0.3, 0.4) is 0 Å². The van der Waals surface area contributed by atoms with Gasteiger partial charge in [-0.2, -0.15) is 5.10 Å². The van der Waals surface area contributed by atoms with E-state index in [0.717, 1.165) is 28.6 Å². The Bertz CT molecular complexity index is 491. The van der Waals surface area contributed by atoms with Gasteiger partial charge in [-0.15, -0.1) is 5.10 Å². The van der Waals surface area contributed by atoms with Crippen molar-refractivity contribution in [1.29, 1.82) is 0 Å². The monoisotopic (exact) mass is 293 g/mol. The largest absolute Gasteiger partial charge is 0.386 e. The van der Waals surface area contributed by atoms with Gasteiger partial charge in [0.05, 0.1) is 5.71 Å². The molecule has 1 aliphatic heterocycles. The zero-order chi connectivity index (χ0) is 12.4. The van der Waals surface area contributed by atoms with Gasteiger partial charge in [-0.05, 0) is 25.0 Å². The Labute approximate surface area is 110 Å². The second-order valence-corrected chi connectivity index (χ2v) is 5.22. The Morgan fingerprint density at radius 2 is 2.18 bits per heavy atom. The summed E-state index contributed by atoms with van der Waals surface area (Å²) in [6.45, 7) is 4.23. The molecular weight excluding hydrogens is 278 g/mol. The highest BCUT2D eigenvalue weighted by Gasteiger charge is 2.22. The molecule has 2 rings (SSSR count). The predicted octanol–water partition coefficient (Wildman–Crippen LogP) is 3.25. The van der Waals surface area contributed by atoms with Crippen LogP contribution in [0.4, 0.5) is 0 Å². The average Bonchev–Trinajstić information content (AvgIpc) is 2.30. The molecule has 0 spiro atoms. The van der Waals surface area contributed by atoms with Gasteiger partial charge in [0.15, 0.2) is 0 Å². The van der Waals surface area contributed by atoms with Crippen LogP contribution in [0.2, 0.25) is 0 Å². The summed E-state index contributed by atoms with van der Waals surface area (Å²) in [5.74, 6) is 0.996. The summed E-state index contributed by atoms with van der Waals surface area (Å²) < 4.78 is 1.07. The van der Waals surface area contributed by atoms with E-state index in [2.05, 4.69) is 58.2 Å². The third kappa shape index (κ3) is 2.57. The van der Waals surface area contributed by atoms with E-state index in [9.17, 15) is 0 Å². The maximum absolute atomic E-state index is 5.73. The fraction of sp³-hybridized carbons (Fsp3) is 0.385. The van der Waals surface area contributed by atoms with Crippen LogP contribution in [0.15, 0.2) is 32.9 Å². The van der Waals surface area contributed by atoms with E-state index in [4.69, 9.17) is 5.73 Å². The molecule has 0 saturated carbocycles. The molecule has 0 bridgehead atoms. The van der Waals surface area contributed by atoms with E-state index < -0.39 is 0 Å². The number of halogens is 1. The van der Waals surface area contributed by atoms with E-state index in [-0.39, 0.29) is 0 Å². The zero-order valence-electron chi connectivity index (χ0n) is 10.1. The number of aryl methyl sites for hydroxylation is 1. The molecule has 1 heterocycles. The van der Waals surface area contributed by atoms with Gasteiger partial charge in [-0.1, -0.05) is 35.0 Å². The Morgan fingerprint density at radius 1 is 1.41 bits per heavy atom. The summed E-state index contributed by atoms with van der Waals surface area (Å²) in [5, 5.41) is 8.28. The van der Waals surface area contributed by atoms with Crippen LogP contribution in [0.25, 0.3) is 0 Å². The second kappa shape index (κ2) is 5.00. The Morgan fingerprint density at radius 3 is 2.82 bits per heavy atom. The third-order valence-electron chi connectivity index (χ3n) is 3.02. The maximum atomic E-state index is 5.73. The number of nitrogens with zero attached hydrogens (tertiary/aromatic N) is 2. The number of hydrogen-bond acceptors (Lipinski definition) is 3. The lowest BCUT2D eigenvalue weighted by molar-refractivity contribution is 0.676. The first kappa shape index (κ1) is 12.3. The van der Waals surface area contributed by atoms with Crippen molar-refractivity contribution in [3.63, 3.8) is 0 Å². The topological polar surface area (TPSA) is 50.7 Å². The minimum atomic E-state index is 0.367. The molecule has 0 fully saturated rings.